The van der Waals surface area contributed by atoms with E-state index in [4.69, 9.17) is 0 Å². The topological polar surface area (TPSA) is 52.9 Å². The Bertz CT molecular complexity index is 499. The average molecular weight is 292 g/mol. The Labute approximate surface area is 126 Å². The molecule has 1 heterocycles. The average Bonchev–Trinajstić information content (AvgIpc) is 2.74. The van der Waals surface area contributed by atoms with Crippen molar-refractivity contribution < 1.29 is 4.79 Å². The second-order valence-electron chi connectivity index (χ2n) is 5.04. The minimum absolute atomic E-state index is 0.0500. The van der Waals surface area contributed by atoms with Crippen molar-refractivity contribution in [1.82, 2.24) is 0 Å². The van der Waals surface area contributed by atoms with Crippen molar-refractivity contribution in [3.8, 4) is 6.07 Å². The van der Waals surface area contributed by atoms with Gasteiger partial charge in [-0.2, -0.15) is 5.26 Å². The van der Waals surface area contributed by atoms with Crippen LogP contribution >= 0.6 is 11.3 Å². The number of anilines is 1. The number of nitrogens with zero attached hydrogens (tertiary/aromatic N) is 1. The summed E-state index contributed by atoms with van der Waals surface area (Å²) in [5, 5.41) is 13.0. The maximum absolute atomic E-state index is 12.3. The molecule has 0 aliphatic heterocycles. The molecule has 20 heavy (non-hydrogen) atoms. The van der Waals surface area contributed by atoms with Crippen LogP contribution in [-0.2, 0) is 11.2 Å². The van der Waals surface area contributed by atoms with E-state index in [-0.39, 0.29) is 11.8 Å². The standard InChI is InChI=1S/C16H24N2OS/c1-5-8-9-12(6-2)15(19)18-16-14(10-17)13(7-3)11(4)20-16/h12H,5-9H2,1-4H3,(H,18,19). The second kappa shape index (κ2) is 8.06. The molecule has 0 aliphatic rings. The third-order valence-electron chi connectivity index (χ3n) is 3.68. The van der Waals surface area contributed by atoms with Crippen LogP contribution < -0.4 is 5.32 Å². The van der Waals surface area contributed by atoms with E-state index in [9.17, 15) is 10.1 Å². The molecule has 4 heteroatoms. The largest absolute Gasteiger partial charge is 0.316 e. The highest BCUT2D eigenvalue weighted by molar-refractivity contribution is 7.16. The molecule has 1 atom stereocenters. The number of hydrogen-bond acceptors (Lipinski definition) is 3. The molecule has 1 aromatic rings. The van der Waals surface area contributed by atoms with Crippen LogP contribution in [0.1, 0.15) is 62.5 Å². The third kappa shape index (κ3) is 3.83. The summed E-state index contributed by atoms with van der Waals surface area (Å²) >= 11 is 1.52. The lowest BCUT2D eigenvalue weighted by Gasteiger charge is -2.13. The van der Waals surface area contributed by atoms with Crippen LogP contribution in [0.15, 0.2) is 0 Å². The van der Waals surface area contributed by atoms with Gasteiger partial charge in [0.2, 0.25) is 5.91 Å². The summed E-state index contributed by atoms with van der Waals surface area (Å²) in [6.07, 6.45) is 4.77. The molecule has 0 spiro atoms. The quantitative estimate of drug-likeness (QED) is 0.795. The molecule has 1 N–H and O–H groups in total. The van der Waals surface area contributed by atoms with E-state index in [0.717, 1.165) is 47.5 Å². The summed E-state index contributed by atoms with van der Waals surface area (Å²) in [6.45, 7) is 8.22. The molecule has 0 aromatic carbocycles. The Morgan fingerprint density at radius 1 is 1.40 bits per heavy atom. The van der Waals surface area contributed by atoms with E-state index in [1.165, 1.54) is 11.3 Å². The summed E-state index contributed by atoms with van der Waals surface area (Å²) in [5.74, 6) is 0.107. The minimum atomic E-state index is 0.0500. The summed E-state index contributed by atoms with van der Waals surface area (Å²) < 4.78 is 0. The zero-order valence-electron chi connectivity index (χ0n) is 12.9. The zero-order chi connectivity index (χ0) is 15.1. The summed E-state index contributed by atoms with van der Waals surface area (Å²) in [7, 11) is 0. The van der Waals surface area contributed by atoms with Crippen LogP contribution in [-0.4, -0.2) is 5.91 Å². The number of carbonyl (C=O) groups is 1. The van der Waals surface area contributed by atoms with Gasteiger partial charge >= 0.3 is 0 Å². The number of nitrogens with one attached hydrogen (secondary N) is 1. The first-order valence-corrected chi connectivity index (χ1v) is 8.23. The molecule has 0 saturated heterocycles. The number of hydrogen-bond donors (Lipinski definition) is 1. The number of nitriles is 1. The fourth-order valence-electron chi connectivity index (χ4n) is 2.40. The number of thiophene rings is 1. The van der Waals surface area contributed by atoms with Crippen LogP contribution in [0, 0.1) is 24.2 Å². The molecular weight excluding hydrogens is 268 g/mol. The fourth-order valence-corrected chi connectivity index (χ4v) is 3.49. The Kier molecular flexibility index (Phi) is 6.74. The van der Waals surface area contributed by atoms with E-state index in [1.54, 1.807) is 0 Å². The highest BCUT2D eigenvalue weighted by Gasteiger charge is 2.20. The third-order valence-corrected chi connectivity index (χ3v) is 4.74. The highest BCUT2D eigenvalue weighted by Crippen LogP contribution is 2.33. The maximum atomic E-state index is 12.3. The summed E-state index contributed by atoms with van der Waals surface area (Å²) in [5.41, 5.74) is 1.71. The molecule has 0 bridgehead atoms. The van der Waals surface area contributed by atoms with E-state index in [2.05, 4.69) is 18.3 Å². The van der Waals surface area contributed by atoms with E-state index in [0.29, 0.717) is 5.56 Å². The molecule has 3 nitrogen and oxygen atoms in total. The molecule has 0 aliphatic carbocycles. The van der Waals surface area contributed by atoms with Crippen LogP contribution in [0.5, 0.6) is 0 Å². The number of rotatable bonds is 7. The first-order chi connectivity index (χ1) is 9.58. The lowest BCUT2D eigenvalue weighted by Crippen LogP contribution is -2.22. The number of aryl methyl sites for hydroxylation is 1. The summed E-state index contributed by atoms with van der Waals surface area (Å²) in [4.78, 5) is 13.4. The number of amides is 1. The molecule has 110 valence electrons. The number of unbranched alkanes of at least 4 members (excludes halogenated alkanes) is 1. The lowest BCUT2D eigenvalue weighted by atomic mass is 9.98. The van der Waals surface area contributed by atoms with Gasteiger partial charge in [-0.3, -0.25) is 4.79 Å². The van der Waals surface area contributed by atoms with Crippen molar-refractivity contribution in [3.05, 3.63) is 16.0 Å². The van der Waals surface area contributed by atoms with Gasteiger partial charge in [-0.1, -0.05) is 33.6 Å². The van der Waals surface area contributed by atoms with E-state index in [1.807, 2.05) is 20.8 Å². The van der Waals surface area contributed by atoms with Crippen molar-refractivity contribution in [1.29, 1.82) is 5.26 Å². The fraction of sp³-hybridized carbons (Fsp3) is 0.625. The monoisotopic (exact) mass is 292 g/mol. The van der Waals surface area contributed by atoms with Gasteiger partial charge in [0.15, 0.2) is 0 Å². The van der Waals surface area contributed by atoms with Gasteiger partial charge in [0, 0.05) is 10.8 Å². The molecule has 1 rings (SSSR count). The van der Waals surface area contributed by atoms with Gasteiger partial charge in [-0.25, -0.2) is 0 Å². The molecule has 1 unspecified atom stereocenters. The minimum Gasteiger partial charge on any atom is -0.316 e. The van der Waals surface area contributed by atoms with Crippen LogP contribution in [0.25, 0.3) is 0 Å². The predicted molar refractivity (Wildman–Crippen MR) is 85.1 cm³/mol. The predicted octanol–water partition coefficient (Wildman–Crippen LogP) is 4.65. The molecule has 1 aromatic heterocycles. The number of carbonyl (C=O) groups excluding carboxylic acids is 1. The van der Waals surface area contributed by atoms with E-state index < -0.39 is 0 Å². The Morgan fingerprint density at radius 3 is 2.60 bits per heavy atom. The molecule has 0 radical (unpaired) electrons. The van der Waals surface area contributed by atoms with Crippen molar-refractivity contribution in [2.75, 3.05) is 5.32 Å². The molecular formula is C16H24N2OS. The normalized spacial score (nSPS) is 11.9. The smallest absolute Gasteiger partial charge is 0.228 e. The van der Waals surface area contributed by atoms with Crippen molar-refractivity contribution in [2.45, 2.75) is 59.8 Å². The second-order valence-corrected chi connectivity index (χ2v) is 6.27. The molecule has 1 amide bonds. The Morgan fingerprint density at radius 2 is 2.10 bits per heavy atom. The van der Waals surface area contributed by atoms with Crippen molar-refractivity contribution in [3.63, 3.8) is 0 Å². The van der Waals surface area contributed by atoms with Crippen LogP contribution in [0.4, 0.5) is 5.00 Å². The Balaban J connectivity index is 2.87. The maximum Gasteiger partial charge on any atom is 0.228 e. The van der Waals surface area contributed by atoms with E-state index >= 15 is 0 Å². The highest BCUT2D eigenvalue weighted by atomic mass is 32.1. The first kappa shape index (κ1) is 16.7. The zero-order valence-corrected chi connectivity index (χ0v) is 13.7. The van der Waals surface area contributed by atoms with Crippen LogP contribution in [0.2, 0.25) is 0 Å². The first-order valence-electron chi connectivity index (χ1n) is 7.42. The summed E-state index contributed by atoms with van der Waals surface area (Å²) in [6, 6.07) is 2.24. The lowest BCUT2D eigenvalue weighted by molar-refractivity contribution is -0.120. The Hall–Kier alpha value is -1.34. The SMILES string of the molecule is CCCCC(CC)C(=O)Nc1sc(C)c(CC)c1C#N. The van der Waals surface area contributed by atoms with Gasteiger partial charge in [0.1, 0.15) is 11.1 Å². The van der Waals surface area contributed by atoms with Gasteiger partial charge in [-0.05, 0) is 31.7 Å². The van der Waals surface area contributed by atoms with Crippen molar-refractivity contribution >= 4 is 22.2 Å². The van der Waals surface area contributed by atoms with Crippen LogP contribution in [0.3, 0.4) is 0 Å². The van der Waals surface area contributed by atoms with Gasteiger partial charge in [-0.15, -0.1) is 11.3 Å². The van der Waals surface area contributed by atoms with Gasteiger partial charge in [0.25, 0.3) is 0 Å². The molecule has 0 saturated carbocycles. The van der Waals surface area contributed by atoms with Gasteiger partial charge in [0.05, 0.1) is 5.56 Å². The van der Waals surface area contributed by atoms with Crippen molar-refractivity contribution in [2.24, 2.45) is 5.92 Å². The molecule has 0 fully saturated rings. The van der Waals surface area contributed by atoms with Gasteiger partial charge < -0.3 is 5.32 Å².